The van der Waals surface area contributed by atoms with E-state index in [2.05, 4.69) is 25.5 Å². The van der Waals surface area contributed by atoms with E-state index < -0.39 is 0 Å². The van der Waals surface area contributed by atoms with Crippen LogP contribution in [0.4, 0.5) is 5.69 Å². The van der Waals surface area contributed by atoms with Crippen LogP contribution in [0, 0.1) is 13.8 Å². The number of carbonyl (C=O) groups is 1. The molecule has 0 saturated heterocycles. The molecule has 31 heavy (non-hydrogen) atoms. The topological polar surface area (TPSA) is 80.7 Å². The van der Waals surface area contributed by atoms with Crippen molar-refractivity contribution in [3.05, 3.63) is 71.1 Å². The maximum absolute atomic E-state index is 12.3. The third kappa shape index (κ3) is 5.10. The van der Waals surface area contributed by atoms with E-state index in [1.807, 2.05) is 50.2 Å². The highest BCUT2D eigenvalue weighted by Crippen LogP contribution is 2.34. The Labute approximate surface area is 193 Å². The van der Waals surface area contributed by atoms with Gasteiger partial charge in [-0.05, 0) is 55.8 Å². The monoisotopic (exact) mass is 467 g/mol. The summed E-state index contributed by atoms with van der Waals surface area (Å²) in [4.78, 5) is 22.0. The number of rotatable bonds is 6. The van der Waals surface area contributed by atoms with Gasteiger partial charge in [0.25, 0.3) is 0 Å². The average Bonchev–Trinajstić information content (AvgIpc) is 3.18. The minimum absolute atomic E-state index is 0.124. The number of halogens is 1. The Bertz CT molecular complexity index is 1210. The van der Waals surface area contributed by atoms with E-state index in [4.69, 9.17) is 11.6 Å². The minimum Gasteiger partial charge on any atom is -0.325 e. The summed E-state index contributed by atoms with van der Waals surface area (Å²) in [5, 5.41) is 13.7. The number of thioether (sulfide) groups is 1. The molecule has 1 aromatic carbocycles. The largest absolute Gasteiger partial charge is 0.325 e. The minimum atomic E-state index is -0.124. The van der Waals surface area contributed by atoms with Crippen molar-refractivity contribution in [1.29, 1.82) is 0 Å². The van der Waals surface area contributed by atoms with E-state index >= 15 is 0 Å². The predicted octanol–water partition coefficient (Wildman–Crippen LogP) is 5.66. The number of hydrogen-bond acceptors (Lipinski definition) is 7. The van der Waals surface area contributed by atoms with E-state index in [-0.39, 0.29) is 11.7 Å². The average molecular weight is 468 g/mol. The summed E-state index contributed by atoms with van der Waals surface area (Å²) in [7, 11) is 0. The quantitative estimate of drug-likeness (QED) is 0.368. The van der Waals surface area contributed by atoms with Crippen LogP contribution >= 0.6 is 34.7 Å². The molecule has 0 saturated carbocycles. The van der Waals surface area contributed by atoms with E-state index in [1.54, 1.807) is 29.8 Å². The van der Waals surface area contributed by atoms with Gasteiger partial charge < -0.3 is 5.32 Å². The maximum Gasteiger partial charge on any atom is 0.234 e. The molecule has 0 bridgehead atoms. The second kappa shape index (κ2) is 9.55. The van der Waals surface area contributed by atoms with Crippen molar-refractivity contribution >= 4 is 46.3 Å². The standard InChI is InChI=1S/C22H18ClN5OS2/c1-13-16(23)6-3-7-17(13)26-19(29)12-30-20-9-8-18(27-28-20)21-14(2)25-22(31-21)15-5-4-10-24-11-15/h3-11H,12H2,1-2H3,(H,26,29). The fourth-order valence-corrected chi connectivity index (χ4v) is 4.64. The molecule has 0 aliphatic heterocycles. The van der Waals surface area contributed by atoms with Gasteiger partial charge in [-0.1, -0.05) is 29.4 Å². The molecule has 0 fully saturated rings. The Morgan fingerprint density at radius 1 is 1.13 bits per heavy atom. The molecule has 4 rings (SSSR count). The second-order valence-corrected chi connectivity index (χ2v) is 9.08. The number of anilines is 1. The molecule has 4 aromatic rings. The van der Waals surface area contributed by atoms with Crippen molar-refractivity contribution in [2.45, 2.75) is 18.9 Å². The lowest BCUT2D eigenvalue weighted by Gasteiger charge is -2.09. The molecule has 156 valence electrons. The molecule has 0 aliphatic rings. The molecule has 3 heterocycles. The summed E-state index contributed by atoms with van der Waals surface area (Å²) in [5.74, 6) is 0.103. The Balaban J connectivity index is 1.40. The number of nitrogens with zero attached hydrogens (tertiary/aromatic N) is 4. The van der Waals surface area contributed by atoms with Crippen molar-refractivity contribution in [1.82, 2.24) is 20.2 Å². The normalized spacial score (nSPS) is 10.8. The van der Waals surface area contributed by atoms with Crippen molar-refractivity contribution in [2.75, 3.05) is 11.1 Å². The lowest BCUT2D eigenvalue weighted by Crippen LogP contribution is -2.15. The predicted molar refractivity (Wildman–Crippen MR) is 127 cm³/mol. The lowest BCUT2D eigenvalue weighted by molar-refractivity contribution is -0.113. The number of aryl methyl sites for hydroxylation is 1. The molecular weight excluding hydrogens is 450 g/mol. The molecule has 0 aliphatic carbocycles. The molecule has 0 radical (unpaired) electrons. The van der Waals surface area contributed by atoms with Gasteiger partial charge in [-0.2, -0.15) is 0 Å². The van der Waals surface area contributed by atoms with Gasteiger partial charge in [0.2, 0.25) is 5.91 Å². The Morgan fingerprint density at radius 2 is 2.00 bits per heavy atom. The Morgan fingerprint density at radius 3 is 2.74 bits per heavy atom. The number of amides is 1. The summed E-state index contributed by atoms with van der Waals surface area (Å²) in [5.41, 5.74) is 4.19. The summed E-state index contributed by atoms with van der Waals surface area (Å²) in [6.07, 6.45) is 3.53. The summed E-state index contributed by atoms with van der Waals surface area (Å²) >= 11 is 8.99. The summed E-state index contributed by atoms with van der Waals surface area (Å²) in [6.45, 7) is 3.83. The summed E-state index contributed by atoms with van der Waals surface area (Å²) < 4.78 is 0. The zero-order valence-corrected chi connectivity index (χ0v) is 19.2. The zero-order valence-electron chi connectivity index (χ0n) is 16.8. The van der Waals surface area contributed by atoms with Crippen LogP contribution in [0.15, 0.2) is 59.9 Å². The van der Waals surface area contributed by atoms with Crippen LogP contribution in [0.3, 0.4) is 0 Å². The van der Waals surface area contributed by atoms with Crippen molar-refractivity contribution in [2.24, 2.45) is 0 Å². The van der Waals surface area contributed by atoms with E-state index in [9.17, 15) is 4.79 Å². The molecule has 1 amide bonds. The molecule has 0 atom stereocenters. The number of aromatic nitrogens is 4. The molecule has 9 heteroatoms. The first-order chi connectivity index (χ1) is 15.0. The van der Waals surface area contributed by atoms with Crippen LogP contribution < -0.4 is 5.32 Å². The third-order valence-corrected chi connectivity index (χ3v) is 7.03. The van der Waals surface area contributed by atoms with Crippen molar-refractivity contribution in [3.8, 4) is 21.1 Å². The van der Waals surface area contributed by atoms with Crippen LogP contribution in [-0.4, -0.2) is 31.8 Å². The molecule has 0 spiro atoms. The van der Waals surface area contributed by atoms with E-state index in [0.717, 1.165) is 32.4 Å². The number of thiazole rings is 1. The summed E-state index contributed by atoms with van der Waals surface area (Å²) in [6, 6.07) is 13.1. The smallest absolute Gasteiger partial charge is 0.234 e. The van der Waals surface area contributed by atoms with Crippen LogP contribution in [-0.2, 0) is 4.79 Å². The number of benzene rings is 1. The molecular formula is C22H18ClN5OS2. The SMILES string of the molecule is Cc1nc(-c2cccnc2)sc1-c1ccc(SCC(=O)Nc2cccc(Cl)c2C)nn1. The molecule has 6 nitrogen and oxygen atoms in total. The van der Waals surface area contributed by atoms with Crippen LogP contribution in [0.25, 0.3) is 21.1 Å². The highest BCUT2D eigenvalue weighted by Gasteiger charge is 2.14. The van der Waals surface area contributed by atoms with Crippen LogP contribution in [0.2, 0.25) is 5.02 Å². The van der Waals surface area contributed by atoms with Gasteiger partial charge in [0, 0.05) is 28.7 Å². The molecule has 0 unspecified atom stereocenters. The number of hydrogen-bond donors (Lipinski definition) is 1. The first-order valence-corrected chi connectivity index (χ1v) is 11.6. The molecule has 1 N–H and O–H groups in total. The number of nitrogens with one attached hydrogen (secondary N) is 1. The van der Waals surface area contributed by atoms with Gasteiger partial charge in [0.15, 0.2) is 0 Å². The van der Waals surface area contributed by atoms with Crippen molar-refractivity contribution in [3.63, 3.8) is 0 Å². The second-order valence-electron chi connectivity index (χ2n) is 6.68. The van der Waals surface area contributed by atoms with Gasteiger partial charge >= 0.3 is 0 Å². The molecule has 3 aromatic heterocycles. The fraction of sp³-hybridized carbons (Fsp3) is 0.136. The fourth-order valence-electron chi connectivity index (χ4n) is 2.83. The first-order valence-electron chi connectivity index (χ1n) is 9.41. The van der Waals surface area contributed by atoms with Crippen molar-refractivity contribution < 1.29 is 4.79 Å². The highest BCUT2D eigenvalue weighted by atomic mass is 35.5. The van der Waals surface area contributed by atoms with E-state index in [1.165, 1.54) is 11.8 Å². The van der Waals surface area contributed by atoms with Crippen LogP contribution in [0.5, 0.6) is 0 Å². The Kier molecular flexibility index (Phi) is 6.60. The third-order valence-electron chi connectivity index (χ3n) is 4.47. The van der Waals surface area contributed by atoms with Gasteiger partial charge in [-0.25, -0.2) is 4.98 Å². The number of pyridine rings is 1. The van der Waals surface area contributed by atoms with Gasteiger partial charge in [-0.15, -0.1) is 21.5 Å². The van der Waals surface area contributed by atoms with Gasteiger partial charge in [-0.3, -0.25) is 9.78 Å². The maximum atomic E-state index is 12.3. The first kappa shape index (κ1) is 21.4. The van der Waals surface area contributed by atoms with E-state index in [0.29, 0.717) is 15.7 Å². The van der Waals surface area contributed by atoms with Crippen LogP contribution in [0.1, 0.15) is 11.3 Å². The zero-order chi connectivity index (χ0) is 21.8. The van der Waals surface area contributed by atoms with Gasteiger partial charge in [0.05, 0.1) is 16.3 Å². The Hall–Kier alpha value is -2.81. The highest BCUT2D eigenvalue weighted by molar-refractivity contribution is 7.99. The number of carbonyl (C=O) groups excluding carboxylic acids is 1. The van der Waals surface area contributed by atoms with Gasteiger partial charge in [0.1, 0.15) is 15.7 Å². The lowest BCUT2D eigenvalue weighted by atomic mass is 10.2.